The van der Waals surface area contributed by atoms with Crippen molar-refractivity contribution in [1.29, 1.82) is 0 Å². The highest BCUT2D eigenvalue weighted by Crippen LogP contribution is 2.20. The fourth-order valence-corrected chi connectivity index (χ4v) is 3.10. The molecule has 7 nitrogen and oxygen atoms in total. The maximum absolute atomic E-state index is 12.2. The third-order valence-electron chi connectivity index (χ3n) is 4.35. The van der Waals surface area contributed by atoms with Crippen LogP contribution in [-0.2, 0) is 13.1 Å². The van der Waals surface area contributed by atoms with E-state index in [0.29, 0.717) is 11.5 Å². The highest BCUT2D eigenvalue weighted by Gasteiger charge is 2.08. The van der Waals surface area contributed by atoms with Crippen molar-refractivity contribution in [1.82, 2.24) is 30.0 Å². The maximum atomic E-state index is 12.2. The summed E-state index contributed by atoms with van der Waals surface area (Å²) in [6, 6.07) is 15.2. The molecule has 0 saturated heterocycles. The van der Waals surface area contributed by atoms with Gasteiger partial charge in [-0.3, -0.25) is 19.8 Å². The predicted molar refractivity (Wildman–Crippen MR) is 107 cm³/mol. The Morgan fingerprint density at radius 1 is 1.00 bits per heavy atom. The van der Waals surface area contributed by atoms with Crippen LogP contribution in [0.25, 0.3) is 22.6 Å². The largest absolute Gasteiger partial charge is 0.306 e. The van der Waals surface area contributed by atoms with E-state index < -0.39 is 0 Å². The van der Waals surface area contributed by atoms with E-state index in [0.717, 1.165) is 35.5 Å². The molecule has 0 aliphatic carbocycles. The first-order chi connectivity index (χ1) is 13.7. The van der Waals surface area contributed by atoms with Crippen molar-refractivity contribution in [3.8, 4) is 22.6 Å². The lowest BCUT2D eigenvalue weighted by Gasteiger charge is -2.16. The summed E-state index contributed by atoms with van der Waals surface area (Å²) in [6.45, 7) is 1.54. The molecule has 2 N–H and O–H groups in total. The van der Waals surface area contributed by atoms with Crippen molar-refractivity contribution in [2.45, 2.75) is 13.1 Å². The molecule has 0 saturated carbocycles. The van der Waals surface area contributed by atoms with Gasteiger partial charge >= 0.3 is 0 Å². The van der Waals surface area contributed by atoms with Crippen molar-refractivity contribution in [2.75, 3.05) is 7.05 Å². The Bertz CT molecular complexity index is 1110. The van der Waals surface area contributed by atoms with Crippen LogP contribution in [0.4, 0.5) is 0 Å². The second-order valence-electron chi connectivity index (χ2n) is 6.68. The molecule has 4 rings (SSSR count). The van der Waals surface area contributed by atoms with Crippen LogP contribution in [0.5, 0.6) is 0 Å². The van der Waals surface area contributed by atoms with E-state index in [1.807, 2.05) is 30.3 Å². The number of aromatic nitrogens is 5. The molecule has 3 aromatic heterocycles. The summed E-state index contributed by atoms with van der Waals surface area (Å²) in [6.07, 6.45) is 5.15. The van der Waals surface area contributed by atoms with Crippen LogP contribution in [0.15, 0.2) is 71.9 Å². The third-order valence-corrected chi connectivity index (χ3v) is 4.35. The van der Waals surface area contributed by atoms with Crippen LogP contribution in [0, 0.1) is 0 Å². The number of aromatic amines is 2. The summed E-state index contributed by atoms with van der Waals surface area (Å²) in [5.74, 6) is 0.546. The summed E-state index contributed by atoms with van der Waals surface area (Å²) in [4.78, 5) is 25.9. The van der Waals surface area contributed by atoms with Crippen LogP contribution in [0.2, 0.25) is 0 Å². The molecule has 3 heterocycles. The van der Waals surface area contributed by atoms with Crippen LogP contribution in [-0.4, -0.2) is 37.1 Å². The van der Waals surface area contributed by atoms with Gasteiger partial charge in [-0.25, -0.2) is 4.98 Å². The number of rotatable bonds is 6. The van der Waals surface area contributed by atoms with Crippen molar-refractivity contribution in [3.63, 3.8) is 0 Å². The topological polar surface area (TPSA) is 90.6 Å². The Morgan fingerprint density at radius 2 is 1.89 bits per heavy atom. The van der Waals surface area contributed by atoms with Crippen molar-refractivity contribution in [2.24, 2.45) is 0 Å². The number of nitrogens with zero attached hydrogens (tertiary/aromatic N) is 4. The van der Waals surface area contributed by atoms with Gasteiger partial charge in [-0.2, -0.15) is 5.10 Å². The Labute approximate surface area is 162 Å². The number of nitrogens with one attached hydrogen (secondary N) is 2. The quantitative estimate of drug-likeness (QED) is 0.543. The minimum atomic E-state index is -0.189. The molecule has 140 valence electrons. The smallest absolute Gasteiger partial charge is 0.251 e. The number of hydrogen-bond acceptors (Lipinski definition) is 5. The molecule has 1 aromatic carbocycles. The number of hydrogen-bond donors (Lipinski definition) is 2. The fraction of sp³-hybridized carbons (Fsp3) is 0.143. The van der Waals surface area contributed by atoms with Crippen molar-refractivity contribution < 1.29 is 0 Å². The Hall–Kier alpha value is -3.58. The highest BCUT2D eigenvalue weighted by atomic mass is 16.1. The molecule has 0 aliphatic rings. The van der Waals surface area contributed by atoms with Gasteiger partial charge in [-0.05, 0) is 36.9 Å². The lowest BCUT2D eigenvalue weighted by Crippen LogP contribution is -2.17. The molecular weight excluding hydrogens is 352 g/mol. The fourth-order valence-electron chi connectivity index (χ4n) is 3.10. The maximum Gasteiger partial charge on any atom is 0.251 e. The SMILES string of the molecule is CN(Cc1cccc(-c2nc(-c3cccnc3)cc(=O)[nH]2)c1)Cc1ccn[nH]1. The molecule has 28 heavy (non-hydrogen) atoms. The number of H-pyrrole nitrogens is 2. The van der Waals surface area contributed by atoms with Gasteiger partial charge in [0.25, 0.3) is 5.56 Å². The number of benzene rings is 1. The van der Waals surface area contributed by atoms with Gasteiger partial charge in [-0.1, -0.05) is 18.2 Å². The van der Waals surface area contributed by atoms with E-state index in [1.165, 1.54) is 6.07 Å². The number of pyridine rings is 1. The van der Waals surface area contributed by atoms with Crippen molar-refractivity contribution in [3.05, 3.63) is 88.7 Å². The zero-order valence-corrected chi connectivity index (χ0v) is 15.5. The molecule has 0 atom stereocenters. The summed E-state index contributed by atoms with van der Waals surface area (Å²) in [7, 11) is 2.05. The molecule has 7 heteroatoms. The monoisotopic (exact) mass is 372 g/mol. The van der Waals surface area contributed by atoms with Gasteiger partial charge in [0.05, 0.1) is 5.69 Å². The standard InChI is InChI=1S/C21H20N6O/c1-27(14-18-7-9-23-26-18)13-15-4-2-5-16(10-15)21-24-19(11-20(28)25-21)17-6-3-8-22-12-17/h2-12H,13-14H2,1H3,(H,23,26)(H,24,25,28). The molecule has 0 spiro atoms. The molecular formula is C21H20N6O. The van der Waals surface area contributed by atoms with Gasteiger partial charge in [0.1, 0.15) is 5.82 Å². The lowest BCUT2D eigenvalue weighted by atomic mass is 10.1. The van der Waals surface area contributed by atoms with Crippen LogP contribution in [0.1, 0.15) is 11.3 Å². The first-order valence-electron chi connectivity index (χ1n) is 8.95. The lowest BCUT2D eigenvalue weighted by molar-refractivity contribution is 0.315. The van der Waals surface area contributed by atoms with Crippen LogP contribution in [0.3, 0.4) is 0 Å². The first kappa shape index (κ1) is 17.8. The summed E-state index contributed by atoms with van der Waals surface area (Å²) in [5, 5.41) is 6.95. The summed E-state index contributed by atoms with van der Waals surface area (Å²) >= 11 is 0. The van der Waals surface area contributed by atoms with Crippen LogP contribution < -0.4 is 5.56 Å². The van der Waals surface area contributed by atoms with E-state index in [1.54, 1.807) is 18.6 Å². The van der Waals surface area contributed by atoms with Gasteiger partial charge < -0.3 is 4.98 Å². The minimum absolute atomic E-state index is 0.189. The van der Waals surface area contributed by atoms with Gasteiger partial charge in [-0.15, -0.1) is 0 Å². The Morgan fingerprint density at radius 3 is 2.68 bits per heavy atom. The summed E-state index contributed by atoms with van der Waals surface area (Å²) in [5.41, 5.74) is 4.29. The van der Waals surface area contributed by atoms with E-state index in [-0.39, 0.29) is 5.56 Å². The highest BCUT2D eigenvalue weighted by molar-refractivity contribution is 5.63. The van der Waals surface area contributed by atoms with Crippen LogP contribution >= 0.6 is 0 Å². The van der Waals surface area contributed by atoms with Crippen molar-refractivity contribution >= 4 is 0 Å². The summed E-state index contributed by atoms with van der Waals surface area (Å²) < 4.78 is 0. The van der Waals surface area contributed by atoms with Gasteiger partial charge in [0.2, 0.25) is 0 Å². The minimum Gasteiger partial charge on any atom is -0.306 e. The van der Waals surface area contributed by atoms with E-state index in [4.69, 9.17) is 0 Å². The second kappa shape index (κ2) is 7.98. The molecule has 4 aromatic rings. The van der Waals surface area contributed by atoms with E-state index in [9.17, 15) is 4.79 Å². The first-order valence-corrected chi connectivity index (χ1v) is 8.95. The zero-order valence-electron chi connectivity index (χ0n) is 15.5. The molecule has 0 unspecified atom stereocenters. The second-order valence-corrected chi connectivity index (χ2v) is 6.68. The van der Waals surface area contributed by atoms with E-state index >= 15 is 0 Å². The molecule has 0 aliphatic heterocycles. The average molecular weight is 372 g/mol. The van der Waals surface area contributed by atoms with Gasteiger partial charge in [0.15, 0.2) is 0 Å². The zero-order chi connectivity index (χ0) is 19.3. The Balaban J connectivity index is 1.59. The normalized spacial score (nSPS) is 11.1. The Kier molecular flexibility index (Phi) is 5.07. The predicted octanol–water partition coefficient (Wildman–Crippen LogP) is 2.85. The molecule has 0 fully saturated rings. The molecule has 0 amide bonds. The molecule has 0 bridgehead atoms. The third kappa shape index (κ3) is 4.21. The van der Waals surface area contributed by atoms with E-state index in [2.05, 4.69) is 49.2 Å². The van der Waals surface area contributed by atoms with Gasteiger partial charge in [0, 0.05) is 54.6 Å². The molecule has 0 radical (unpaired) electrons. The average Bonchev–Trinajstić information content (AvgIpc) is 3.21.